The van der Waals surface area contributed by atoms with Crippen molar-refractivity contribution in [3.63, 3.8) is 0 Å². The summed E-state index contributed by atoms with van der Waals surface area (Å²) in [5.41, 5.74) is 6.55. The summed E-state index contributed by atoms with van der Waals surface area (Å²) in [6.07, 6.45) is 8.40. The van der Waals surface area contributed by atoms with Gasteiger partial charge in [-0.15, -0.1) is 0 Å². The highest BCUT2D eigenvalue weighted by Crippen LogP contribution is 2.28. The Labute approximate surface area is 125 Å². The number of rotatable bonds is 5. The van der Waals surface area contributed by atoms with Gasteiger partial charge in [-0.25, -0.2) is 0 Å². The van der Waals surface area contributed by atoms with Crippen molar-refractivity contribution in [3.8, 4) is 6.07 Å². The van der Waals surface area contributed by atoms with E-state index in [0.717, 1.165) is 37.7 Å². The molecule has 5 heteroatoms. The third-order valence-electron chi connectivity index (χ3n) is 4.05. The molecule has 112 valence electrons. The lowest BCUT2D eigenvalue weighted by Crippen LogP contribution is -2.56. The maximum atomic E-state index is 12.8. The molecule has 0 unspecified atom stereocenters. The highest BCUT2D eigenvalue weighted by Gasteiger charge is 2.38. The summed E-state index contributed by atoms with van der Waals surface area (Å²) in [7, 11) is 0. The van der Waals surface area contributed by atoms with Gasteiger partial charge in [-0.05, 0) is 24.5 Å². The second-order valence-electron chi connectivity index (χ2n) is 5.71. The molecule has 2 rings (SSSR count). The van der Waals surface area contributed by atoms with Crippen LogP contribution in [0.1, 0.15) is 44.1 Å². The van der Waals surface area contributed by atoms with Gasteiger partial charge in [-0.1, -0.05) is 25.3 Å². The average molecular weight is 286 g/mol. The fraction of sp³-hybridized carbons (Fsp3) is 0.562. The van der Waals surface area contributed by atoms with Gasteiger partial charge in [0, 0.05) is 25.5 Å². The molecule has 1 fully saturated rings. The zero-order chi connectivity index (χ0) is 15.1. The Hall–Kier alpha value is -1.93. The Morgan fingerprint density at radius 3 is 2.81 bits per heavy atom. The summed E-state index contributed by atoms with van der Waals surface area (Å²) in [6, 6.07) is 5.89. The molecule has 21 heavy (non-hydrogen) atoms. The van der Waals surface area contributed by atoms with E-state index < -0.39 is 5.54 Å². The third-order valence-corrected chi connectivity index (χ3v) is 4.05. The first-order chi connectivity index (χ1) is 10.2. The minimum absolute atomic E-state index is 0.0266. The lowest BCUT2D eigenvalue weighted by atomic mass is 9.81. The second kappa shape index (κ2) is 7.19. The molecule has 0 aliphatic heterocycles. The van der Waals surface area contributed by atoms with Crippen molar-refractivity contribution in [3.05, 3.63) is 30.1 Å². The van der Waals surface area contributed by atoms with E-state index in [2.05, 4.69) is 11.1 Å². The van der Waals surface area contributed by atoms with E-state index in [0.29, 0.717) is 19.5 Å². The summed E-state index contributed by atoms with van der Waals surface area (Å²) in [6.45, 7) is 0.885. The van der Waals surface area contributed by atoms with Crippen LogP contribution in [0.4, 0.5) is 0 Å². The van der Waals surface area contributed by atoms with Crippen molar-refractivity contribution in [1.29, 1.82) is 5.26 Å². The van der Waals surface area contributed by atoms with E-state index in [-0.39, 0.29) is 5.91 Å². The molecule has 0 spiro atoms. The van der Waals surface area contributed by atoms with Crippen LogP contribution in [0.5, 0.6) is 0 Å². The van der Waals surface area contributed by atoms with Crippen LogP contribution in [-0.4, -0.2) is 27.9 Å². The van der Waals surface area contributed by atoms with E-state index in [1.165, 1.54) is 0 Å². The monoisotopic (exact) mass is 286 g/mol. The number of carbonyl (C=O) groups excluding carboxylic acids is 1. The maximum Gasteiger partial charge on any atom is 0.242 e. The standard InChI is InChI=1S/C16H22N4O/c17-9-5-11-20(13-14-6-4-10-19-12-14)15(21)16(18)7-2-1-3-8-16/h4,6,10,12H,1-3,5,7-8,11,13,18H2. The normalized spacial score (nSPS) is 17.0. The van der Waals surface area contributed by atoms with Crippen LogP contribution >= 0.6 is 0 Å². The molecular weight excluding hydrogens is 264 g/mol. The van der Waals surface area contributed by atoms with Crippen molar-refractivity contribution in [2.75, 3.05) is 6.54 Å². The van der Waals surface area contributed by atoms with E-state index in [1.54, 1.807) is 17.3 Å². The van der Waals surface area contributed by atoms with Crippen molar-refractivity contribution in [2.45, 2.75) is 50.6 Å². The lowest BCUT2D eigenvalue weighted by molar-refractivity contribution is -0.138. The Bertz CT molecular complexity index is 503. The average Bonchev–Trinajstić information content (AvgIpc) is 2.52. The molecule has 1 aromatic rings. The number of nitrogens with zero attached hydrogens (tertiary/aromatic N) is 3. The van der Waals surface area contributed by atoms with Crippen LogP contribution in [0.3, 0.4) is 0 Å². The summed E-state index contributed by atoms with van der Waals surface area (Å²) in [5.74, 6) is -0.0266. The number of carbonyl (C=O) groups is 1. The van der Waals surface area contributed by atoms with Gasteiger partial charge in [0.05, 0.1) is 18.0 Å². The molecule has 0 bridgehead atoms. The lowest BCUT2D eigenvalue weighted by Gasteiger charge is -2.36. The van der Waals surface area contributed by atoms with Crippen LogP contribution in [0.2, 0.25) is 0 Å². The molecule has 1 aromatic heterocycles. The number of nitriles is 1. The first kappa shape index (κ1) is 15.5. The van der Waals surface area contributed by atoms with Crippen LogP contribution < -0.4 is 5.73 Å². The first-order valence-corrected chi connectivity index (χ1v) is 7.50. The van der Waals surface area contributed by atoms with Crippen molar-refractivity contribution in [2.24, 2.45) is 5.73 Å². The zero-order valence-corrected chi connectivity index (χ0v) is 12.3. The number of pyridine rings is 1. The first-order valence-electron chi connectivity index (χ1n) is 7.50. The largest absolute Gasteiger partial charge is 0.336 e. The molecule has 2 N–H and O–H groups in total. The van der Waals surface area contributed by atoms with E-state index in [9.17, 15) is 4.79 Å². The van der Waals surface area contributed by atoms with Gasteiger partial charge in [0.1, 0.15) is 0 Å². The fourth-order valence-corrected chi connectivity index (χ4v) is 2.86. The van der Waals surface area contributed by atoms with Crippen LogP contribution in [0.25, 0.3) is 0 Å². The number of amides is 1. The number of aromatic nitrogens is 1. The molecule has 1 saturated carbocycles. The number of nitrogens with two attached hydrogens (primary N) is 1. The Morgan fingerprint density at radius 1 is 1.43 bits per heavy atom. The molecule has 0 atom stereocenters. The van der Waals surface area contributed by atoms with Gasteiger partial charge in [-0.3, -0.25) is 9.78 Å². The predicted molar refractivity (Wildman–Crippen MR) is 79.9 cm³/mol. The molecule has 0 saturated heterocycles. The molecule has 1 heterocycles. The summed E-state index contributed by atoms with van der Waals surface area (Å²) in [4.78, 5) is 18.6. The molecule has 1 amide bonds. The van der Waals surface area contributed by atoms with Gasteiger partial charge in [0.25, 0.3) is 0 Å². The van der Waals surface area contributed by atoms with E-state index in [4.69, 9.17) is 11.0 Å². The number of hydrogen-bond donors (Lipinski definition) is 1. The van der Waals surface area contributed by atoms with E-state index >= 15 is 0 Å². The smallest absolute Gasteiger partial charge is 0.242 e. The van der Waals surface area contributed by atoms with Crippen molar-refractivity contribution < 1.29 is 4.79 Å². The second-order valence-corrected chi connectivity index (χ2v) is 5.71. The molecule has 1 aliphatic carbocycles. The quantitative estimate of drug-likeness (QED) is 0.897. The molecule has 5 nitrogen and oxygen atoms in total. The van der Waals surface area contributed by atoms with Crippen LogP contribution in [-0.2, 0) is 11.3 Å². The topological polar surface area (TPSA) is 83.0 Å². The summed E-state index contributed by atoms with van der Waals surface area (Å²) in [5, 5.41) is 8.81. The summed E-state index contributed by atoms with van der Waals surface area (Å²) < 4.78 is 0. The van der Waals surface area contributed by atoms with Crippen LogP contribution in [0.15, 0.2) is 24.5 Å². The number of hydrogen-bond acceptors (Lipinski definition) is 4. The van der Waals surface area contributed by atoms with Crippen molar-refractivity contribution in [1.82, 2.24) is 9.88 Å². The van der Waals surface area contributed by atoms with Gasteiger partial charge < -0.3 is 10.6 Å². The molecule has 1 aliphatic rings. The van der Waals surface area contributed by atoms with Gasteiger partial charge in [0.2, 0.25) is 5.91 Å². The third kappa shape index (κ3) is 4.02. The predicted octanol–water partition coefficient (Wildman–Crippen LogP) is 1.99. The zero-order valence-electron chi connectivity index (χ0n) is 12.3. The Balaban J connectivity index is 2.11. The van der Waals surface area contributed by atoms with Gasteiger partial charge in [0.15, 0.2) is 0 Å². The highest BCUT2D eigenvalue weighted by molar-refractivity contribution is 5.86. The maximum absolute atomic E-state index is 12.8. The SMILES string of the molecule is N#CCCN(Cc1cccnc1)C(=O)C1(N)CCCCC1. The highest BCUT2D eigenvalue weighted by atomic mass is 16.2. The minimum atomic E-state index is -0.754. The minimum Gasteiger partial charge on any atom is -0.336 e. The Morgan fingerprint density at radius 2 is 2.19 bits per heavy atom. The van der Waals surface area contributed by atoms with E-state index in [1.807, 2.05) is 12.1 Å². The Kier molecular flexibility index (Phi) is 5.29. The summed E-state index contributed by atoms with van der Waals surface area (Å²) >= 11 is 0. The fourth-order valence-electron chi connectivity index (χ4n) is 2.86. The molecule has 0 aromatic carbocycles. The van der Waals surface area contributed by atoms with Gasteiger partial charge >= 0.3 is 0 Å². The molecule has 0 radical (unpaired) electrons. The van der Waals surface area contributed by atoms with Gasteiger partial charge in [-0.2, -0.15) is 5.26 Å². The van der Waals surface area contributed by atoms with Crippen molar-refractivity contribution >= 4 is 5.91 Å². The molecular formula is C16H22N4O. The van der Waals surface area contributed by atoms with Crippen LogP contribution in [0, 0.1) is 11.3 Å².